The standard InChI is InChI=1S/C17H16BF3N2O2/c1-2-24-15(10-3-6-12(7-4-10)25-17(19,20)21)16-22-13-8-5-11(18)9-14(13)23-16/h3-9,15H,2,18H2,1H3,(H,22,23). The van der Waals surface area contributed by atoms with E-state index < -0.39 is 12.5 Å². The minimum Gasteiger partial charge on any atom is -0.406 e. The van der Waals surface area contributed by atoms with Gasteiger partial charge in [-0.25, -0.2) is 4.98 Å². The van der Waals surface area contributed by atoms with E-state index in [1.807, 2.05) is 33.0 Å². The van der Waals surface area contributed by atoms with Crippen LogP contribution in [0.5, 0.6) is 5.75 Å². The molecule has 0 bridgehead atoms. The van der Waals surface area contributed by atoms with Crippen LogP contribution in [0.4, 0.5) is 13.2 Å². The molecule has 1 unspecified atom stereocenters. The number of fused-ring (bicyclic) bond motifs is 1. The Morgan fingerprint density at radius 1 is 1.16 bits per heavy atom. The molecule has 1 atom stereocenters. The van der Waals surface area contributed by atoms with Gasteiger partial charge in [-0.2, -0.15) is 0 Å². The predicted molar refractivity (Wildman–Crippen MR) is 90.9 cm³/mol. The Hall–Kier alpha value is -2.48. The topological polar surface area (TPSA) is 47.1 Å². The second-order valence-corrected chi connectivity index (χ2v) is 5.59. The summed E-state index contributed by atoms with van der Waals surface area (Å²) in [5.41, 5.74) is 3.47. The molecule has 1 heterocycles. The number of hydrogen-bond donors (Lipinski definition) is 1. The Morgan fingerprint density at radius 2 is 1.88 bits per heavy atom. The number of rotatable bonds is 5. The van der Waals surface area contributed by atoms with Crippen LogP contribution in [0.25, 0.3) is 11.0 Å². The molecule has 1 aromatic heterocycles. The minimum atomic E-state index is -4.71. The zero-order valence-electron chi connectivity index (χ0n) is 13.7. The Bertz CT molecular complexity index is 862. The number of aromatic amines is 1. The van der Waals surface area contributed by atoms with Gasteiger partial charge in [0.2, 0.25) is 0 Å². The summed E-state index contributed by atoms with van der Waals surface area (Å²) < 4.78 is 46.5. The summed E-state index contributed by atoms with van der Waals surface area (Å²) in [5.74, 6) is 0.332. The molecule has 130 valence electrons. The molecule has 4 nitrogen and oxygen atoms in total. The summed E-state index contributed by atoms with van der Waals surface area (Å²) in [4.78, 5) is 7.77. The number of benzene rings is 2. The van der Waals surface area contributed by atoms with Gasteiger partial charge in [-0.3, -0.25) is 0 Å². The Morgan fingerprint density at radius 3 is 2.52 bits per heavy atom. The lowest BCUT2D eigenvalue weighted by Gasteiger charge is -2.16. The fourth-order valence-electron chi connectivity index (χ4n) is 2.60. The SMILES string of the molecule is Bc1ccc2[nH]c(C(OCC)c3ccc(OC(F)(F)F)cc3)nc2c1. The zero-order valence-corrected chi connectivity index (χ0v) is 13.7. The molecule has 0 radical (unpaired) electrons. The molecule has 0 aliphatic heterocycles. The van der Waals surface area contributed by atoms with E-state index in [1.165, 1.54) is 12.1 Å². The van der Waals surface area contributed by atoms with Gasteiger partial charge in [0.25, 0.3) is 0 Å². The van der Waals surface area contributed by atoms with Crippen LogP contribution in [-0.2, 0) is 4.74 Å². The Labute approximate surface area is 143 Å². The molecule has 0 amide bonds. The van der Waals surface area contributed by atoms with Gasteiger partial charge in [0.15, 0.2) is 0 Å². The van der Waals surface area contributed by atoms with E-state index in [0.717, 1.165) is 16.5 Å². The highest BCUT2D eigenvalue weighted by atomic mass is 19.4. The van der Waals surface area contributed by atoms with E-state index in [4.69, 9.17) is 4.74 Å². The molecular formula is C17H16BF3N2O2. The molecule has 2 aromatic carbocycles. The van der Waals surface area contributed by atoms with E-state index >= 15 is 0 Å². The van der Waals surface area contributed by atoms with Crippen LogP contribution in [-0.4, -0.2) is 30.8 Å². The minimum absolute atomic E-state index is 0.272. The number of imidazole rings is 1. The van der Waals surface area contributed by atoms with Crippen LogP contribution in [0.15, 0.2) is 42.5 Å². The van der Waals surface area contributed by atoms with Gasteiger partial charge < -0.3 is 14.5 Å². The van der Waals surface area contributed by atoms with E-state index in [9.17, 15) is 13.2 Å². The summed E-state index contributed by atoms with van der Waals surface area (Å²) in [5, 5.41) is 0. The predicted octanol–water partition coefficient (Wildman–Crippen LogP) is 2.85. The number of aromatic nitrogens is 2. The molecule has 0 spiro atoms. The van der Waals surface area contributed by atoms with Crippen molar-refractivity contribution < 1.29 is 22.6 Å². The normalized spacial score (nSPS) is 13.1. The Kier molecular flexibility index (Phi) is 4.72. The number of nitrogens with zero attached hydrogens (tertiary/aromatic N) is 1. The van der Waals surface area contributed by atoms with Gasteiger partial charge in [0, 0.05) is 6.61 Å². The highest BCUT2D eigenvalue weighted by molar-refractivity contribution is 6.33. The fourth-order valence-corrected chi connectivity index (χ4v) is 2.60. The fraction of sp³-hybridized carbons (Fsp3) is 0.235. The van der Waals surface area contributed by atoms with Crippen molar-refractivity contribution in [2.45, 2.75) is 19.4 Å². The van der Waals surface area contributed by atoms with Gasteiger partial charge in [-0.05, 0) is 36.8 Å². The smallest absolute Gasteiger partial charge is 0.406 e. The summed E-state index contributed by atoms with van der Waals surface area (Å²) in [6, 6.07) is 11.5. The zero-order chi connectivity index (χ0) is 18.0. The molecule has 8 heteroatoms. The van der Waals surface area contributed by atoms with E-state index in [1.54, 1.807) is 12.1 Å². The maximum Gasteiger partial charge on any atom is 0.573 e. The van der Waals surface area contributed by atoms with Crippen molar-refractivity contribution in [1.82, 2.24) is 9.97 Å². The quantitative estimate of drug-likeness (QED) is 0.722. The van der Waals surface area contributed by atoms with Gasteiger partial charge in [0.1, 0.15) is 25.5 Å². The third kappa shape index (κ3) is 4.14. The molecule has 1 N–H and O–H groups in total. The van der Waals surface area contributed by atoms with Crippen LogP contribution < -0.4 is 10.2 Å². The third-order valence-electron chi connectivity index (χ3n) is 3.65. The van der Waals surface area contributed by atoms with Crippen molar-refractivity contribution >= 4 is 24.3 Å². The summed E-state index contributed by atoms with van der Waals surface area (Å²) in [6.45, 7) is 2.28. The number of alkyl halides is 3. The highest BCUT2D eigenvalue weighted by Gasteiger charge is 2.31. The van der Waals surface area contributed by atoms with Crippen molar-refractivity contribution in [3.8, 4) is 5.75 Å². The number of H-pyrrole nitrogens is 1. The van der Waals surface area contributed by atoms with Crippen molar-refractivity contribution in [3.63, 3.8) is 0 Å². The van der Waals surface area contributed by atoms with Gasteiger partial charge >= 0.3 is 6.36 Å². The molecule has 25 heavy (non-hydrogen) atoms. The first-order valence-electron chi connectivity index (χ1n) is 7.79. The molecular weight excluding hydrogens is 332 g/mol. The van der Waals surface area contributed by atoms with Crippen molar-refractivity contribution in [2.75, 3.05) is 6.61 Å². The third-order valence-corrected chi connectivity index (χ3v) is 3.65. The van der Waals surface area contributed by atoms with E-state index in [2.05, 4.69) is 14.7 Å². The van der Waals surface area contributed by atoms with E-state index in [-0.39, 0.29) is 5.75 Å². The monoisotopic (exact) mass is 348 g/mol. The van der Waals surface area contributed by atoms with Crippen LogP contribution >= 0.6 is 0 Å². The molecule has 0 fully saturated rings. The number of halogens is 3. The summed E-state index contributed by atoms with van der Waals surface area (Å²) in [7, 11) is 1.98. The molecule has 0 saturated carbocycles. The lowest BCUT2D eigenvalue weighted by molar-refractivity contribution is -0.274. The van der Waals surface area contributed by atoms with Crippen LogP contribution in [0, 0.1) is 0 Å². The second-order valence-electron chi connectivity index (χ2n) is 5.59. The highest BCUT2D eigenvalue weighted by Crippen LogP contribution is 2.29. The van der Waals surface area contributed by atoms with Crippen LogP contribution in [0.3, 0.4) is 0 Å². The molecule has 3 rings (SSSR count). The van der Waals surface area contributed by atoms with E-state index in [0.29, 0.717) is 18.0 Å². The lowest BCUT2D eigenvalue weighted by Crippen LogP contribution is -2.17. The van der Waals surface area contributed by atoms with Gasteiger partial charge in [0.05, 0.1) is 11.0 Å². The van der Waals surface area contributed by atoms with Crippen LogP contribution in [0.1, 0.15) is 24.4 Å². The molecule has 0 saturated heterocycles. The first kappa shape index (κ1) is 17.4. The van der Waals surface area contributed by atoms with Gasteiger partial charge in [-0.1, -0.05) is 23.7 Å². The Balaban J connectivity index is 1.91. The number of hydrogen-bond acceptors (Lipinski definition) is 3. The maximum absolute atomic E-state index is 12.3. The summed E-state index contributed by atoms with van der Waals surface area (Å²) in [6.07, 6.45) is -5.21. The molecule has 0 aliphatic rings. The van der Waals surface area contributed by atoms with Crippen molar-refractivity contribution in [3.05, 3.63) is 53.9 Å². The first-order valence-corrected chi connectivity index (χ1v) is 7.79. The van der Waals surface area contributed by atoms with Crippen molar-refractivity contribution in [1.29, 1.82) is 0 Å². The average Bonchev–Trinajstić information content (AvgIpc) is 2.94. The number of nitrogens with one attached hydrogen (secondary N) is 1. The summed E-state index contributed by atoms with van der Waals surface area (Å²) >= 11 is 0. The molecule has 3 aromatic rings. The largest absolute Gasteiger partial charge is 0.573 e. The number of ether oxygens (including phenoxy) is 2. The molecule has 0 aliphatic carbocycles. The maximum atomic E-state index is 12.3. The second kappa shape index (κ2) is 6.80. The lowest BCUT2D eigenvalue weighted by atomic mass is 9.96. The van der Waals surface area contributed by atoms with Crippen molar-refractivity contribution in [2.24, 2.45) is 0 Å². The van der Waals surface area contributed by atoms with Crippen LogP contribution in [0.2, 0.25) is 0 Å². The average molecular weight is 348 g/mol. The van der Waals surface area contributed by atoms with Gasteiger partial charge in [-0.15, -0.1) is 13.2 Å². The first-order chi connectivity index (χ1) is 11.9.